The highest BCUT2D eigenvalue weighted by Gasteiger charge is 2.14. The van der Waals surface area contributed by atoms with Gasteiger partial charge in [0, 0.05) is 12.4 Å². The molecule has 0 spiro atoms. The molecule has 0 atom stereocenters. The van der Waals surface area contributed by atoms with Crippen molar-refractivity contribution in [3.05, 3.63) is 60.8 Å². The second kappa shape index (κ2) is 5.45. The Kier molecular flexibility index (Phi) is 3.34. The van der Waals surface area contributed by atoms with Crippen LogP contribution < -0.4 is 5.32 Å². The molecule has 8 heteroatoms. The molecule has 104 valence electrons. The largest absolute Gasteiger partial charge is 0.319 e. The van der Waals surface area contributed by atoms with Crippen molar-refractivity contribution in [2.24, 2.45) is 0 Å². The molecular formula is C13H9FN6O. The second-order valence-electron chi connectivity index (χ2n) is 4.02. The van der Waals surface area contributed by atoms with E-state index in [0.717, 1.165) is 6.20 Å². The SMILES string of the molecule is O=C(Nc1cccnc1-n1cncn1)c1ccncc1F. The van der Waals surface area contributed by atoms with Crippen molar-refractivity contribution in [3.8, 4) is 5.82 Å². The van der Waals surface area contributed by atoms with Gasteiger partial charge in [-0.3, -0.25) is 9.78 Å². The predicted molar refractivity (Wildman–Crippen MR) is 71.3 cm³/mol. The molecule has 7 nitrogen and oxygen atoms in total. The standard InChI is InChI=1S/C13H9FN6O/c14-10-6-15-5-3-9(10)13(21)19-11-2-1-4-17-12(11)20-8-16-7-18-20/h1-8H,(H,19,21). The van der Waals surface area contributed by atoms with Crippen molar-refractivity contribution in [2.45, 2.75) is 0 Å². The number of aromatic nitrogens is 5. The van der Waals surface area contributed by atoms with Crippen LogP contribution >= 0.6 is 0 Å². The monoisotopic (exact) mass is 284 g/mol. The fourth-order valence-corrected chi connectivity index (χ4v) is 1.74. The average Bonchev–Trinajstić information content (AvgIpc) is 3.02. The summed E-state index contributed by atoms with van der Waals surface area (Å²) >= 11 is 0. The van der Waals surface area contributed by atoms with Gasteiger partial charge >= 0.3 is 0 Å². The average molecular weight is 284 g/mol. The summed E-state index contributed by atoms with van der Waals surface area (Å²) < 4.78 is 15.0. The van der Waals surface area contributed by atoms with Gasteiger partial charge in [0.25, 0.3) is 5.91 Å². The van der Waals surface area contributed by atoms with Gasteiger partial charge in [0.05, 0.1) is 17.4 Å². The number of nitrogens with one attached hydrogen (secondary N) is 1. The topological polar surface area (TPSA) is 85.6 Å². The first-order valence-corrected chi connectivity index (χ1v) is 5.96. The smallest absolute Gasteiger partial charge is 0.258 e. The maximum atomic E-state index is 13.6. The summed E-state index contributed by atoms with van der Waals surface area (Å²) in [5.41, 5.74) is 0.294. The van der Waals surface area contributed by atoms with Crippen LogP contribution in [0.3, 0.4) is 0 Å². The summed E-state index contributed by atoms with van der Waals surface area (Å²) in [6.45, 7) is 0. The van der Waals surface area contributed by atoms with Gasteiger partial charge in [-0.05, 0) is 18.2 Å². The van der Waals surface area contributed by atoms with Crippen molar-refractivity contribution in [2.75, 3.05) is 5.32 Å². The van der Waals surface area contributed by atoms with E-state index in [2.05, 4.69) is 25.4 Å². The minimum Gasteiger partial charge on any atom is -0.319 e. The van der Waals surface area contributed by atoms with Crippen LogP contribution in [0.1, 0.15) is 10.4 Å². The predicted octanol–water partition coefficient (Wildman–Crippen LogP) is 1.45. The molecule has 0 saturated heterocycles. The van der Waals surface area contributed by atoms with Gasteiger partial charge in [-0.25, -0.2) is 19.0 Å². The lowest BCUT2D eigenvalue weighted by Gasteiger charge is -2.09. The molecule has 0 aliphatic carbocycles. The van der Waals surface area contributed by atoms with Crippen LogP contribution in [0.5, 0.6) is 0 Å². The number of amides is 1. The van der Waals surface area contributed by atoms with Crippen molar-refractivity contribution < 1.29 is 9.18 Å². The summed E-state index contributed by atoms with van der Waals surface area (Å²) in [7, 11) is 0. The number of pyridine rings is 2. The van der Waals surface area contributed by atoms with Crippen LogP contribution in [0, 0.1) is 5.82 Å². The van der Waals surface area contributed by atoms with Gasteiger partial charge in [0.15, 0.2) is 11.6 Å². The molecule has 0 bridgehead atoms. The van der Waals surface area contributed by atoms with Crippen LogP contribution in [-0.4, -0.2) is 30.6 Å². The quantitative estimate of drug-likeness (QED) is 0.786. The Morgan fingerprint density at radius 3 is 2.90 bits per heavy atom. The molecule has 0 saturated carbocycles. The molecule has 0 fully saturated rings. The van der Waals surface area contributed by atoms with Crippen LogP contribution in [-0.2, 0) is 0 Å². The van der Waals surface area contributed by atoms with Crippen LogP contribution in [0.2, 0.25) is 0 Å². The lowest BCUT2D eigenvalue weighted by atomic mass is 10.2. The number of hydrogen-bond acceptors (Lipinski definition) is 5. The van der Waals surface area contributed by atoms with Gasteiger partial charge in [-0.15, -0.1) is 0 Å². The van der Waals surface area contributed by atoms with Gasteiger partial charge in [0.1, 0.15) is 12.7 Å². The highest BCUT2D eigenvalue weighted by molar-refractivity contribution is 6.05. The van der Waals surface area contributed by atoms with Gasteiger partial charge in [-0.1, -0.05) is 0 Å². The molecule has 0 radical (unpaired) electrons. The van der Waals surface area contributed by atoms with E-state index in [-0.39, 0.29) is 5.56 Å². The third-order valence-corrected chi connectivity index (χ3v) is 2.69. The van der Waals surface area contributed by atoms with E-state index in [1.807, 2.05) is 0 Å². The van der Waals surface area contributed by atoms with E-state index in [9.17, 15) is 9.18 Å². The Bertz CT molecular complexity index is 774. The fraction of sp³-hybridized carbons (Fsp3) is 0. The highest BCUT2D eigenvalue weighted by atomic mass is 19.1. The molecule has 0 aliphatic heterocycles. The molecule has 3 rings (SSSR count). The maximum absolute atomic E-state index is 13.6. The van der Waals surface area contributed by atoms with Gasteiger partial charge in [0.2, 0.25) is 0 Å². The van der Waals surface area contributed by atoms with Crippen molar-refractivity contribution in [1.82, 2.24) is 24.7 Å². The van der Waals surface area contributed by atoms with E-state index in [1.165, 1.54) is 29.6 Å². The van der Waals surface area contributed by atoms with E-state index in [4.69, 9.17) is 0 Å². The molecule has 1 N–H and O–H groups in total. The first-order chi connectivity index (χ1) is 10.3. The number of nitrogens with zero attached hydrogens (tertiary/aromatic N) is 5. The molecule has 0 aromatic carbocycles. The fourth-order valence-electron chi connectivity index (χ4n) is 1.74. The Labute approximate surface area is 118 Å². The van der Waals surface area contributed by atoms with Crippen LogP contribution in [0.25, 0.3) is 5.82 Å². The van der Waals surface area contributed by atoms with Crippen molar-refractivity contribution >= 4 is 11.6 Å². The Morgan fingerprint density at radius 2 is 2.14 bits per heavy atom. The number of hydrogen-bond donors (Lipinski definition) is 1. The molecule has 3 aromatic heterocycles. The third-order valence-electron chi connectivity index (χ3n) is 2.69. The van der Waals surface area contributed by atoms with Crippen molar-refractivity contribution in [3.63, 3.8) is 0 Å². The van der Waals surface area contributed by atoms with E-state index < -0.39 is 11.7 Å². The van der Waals surface area contributed by atoms with E-state index >= 15 is 0 Å². The molecule has 0 aliphatic rings. The van der Waals surface area contributed by atoms with Gasteiger partial charge in [-0.2, -0.15) is 5.10 Å². The summed E-state index contributed by atoms with van der Waals surface area (Å²) in [6, 6.07) is 4.59. The number of rotatable bonds is 3. The minimum atomic E-state index is -0.693. The zero-order chi connectivity index (χ0) is 14.7. The molecule has 0 unspecified atom stereocenters. The lowest BCUT2D eigenvalue weighted by molar-refractivity contribution is 0.102. The Balaban J connectivity index is 1.93. The zero-order valence-corrected chi connectivity index (χ0v) is 10.6. The molecule has 21 heavy (non-hydrogen) atoms. The molecule has 3 aromatic rings. The maximum Gasteiger partial charge on any atom is 0.258 e. The normalized spacial score (nSPS) is 10.3. The minimum absolute atomic E-state index is 0.0987. The lowest BCUT2D eigenvalue weighted by Crippen LogP contribution is -2.16. The molecule has 3 heterocycles. The molecule has 1 amide bonds. The Hall–Kier alpha value is -3.16. The highest BCUT2D eigenvalue weighted by Crippen LogP contribution is 2.17. The summed E-state index contributed by atoms with van der Waals surface area (Å²) in [6.07, 6.45) is 6.68. The zero-order valence-electron chi connectivity index (χ0n) is 10.6. The summed E-state index contributed by atoms with van der Waals surface area (Å²) in [5, 5.41) is 6.55. The number of halogens is 1. The molecular weight excluding hydrogens is 275 g/mol. The number of carbonyl (C=O) groups excluding carboxylic acids is 1. The van der Waals surface area contributed by atoms with Crippen molar-refractivity contribution in [1.29, 1.82) is 0 Å². The number of carbonyl (C=O) groups is 1. The van der Waals surface area contributed by atoms with E-state index in [0.29, 0.717) is 11.5 Å². The number of anilines is 1. The van der Waals surface area contributed by atoms with Crippen LogP contribution in [0.15, 0.2) is 49.4 Å². The summed E-state index contributed by atoms with van der Waals surface area (Å²) in [4.78, 5) is 23.7. The first kappa shape index (κ1) is 12.9. The van der Waals surface area contributed by atoms with Gasteiger partial charge < -0.3 is 5.32 Å². The second-order valence-corrected chi connectivity index (χ2v) is 4.02. The first-order valence-electron chi connectivity index (χ1n) is 5.96. The van der Waals surface area contributed by atoms with Crippen LogP contribution in [0.4, 0.5) is 10.1 Å². The Morgan fingerprint density at radius 1 is 1.24 bits per heavy atom. The summed E-state index contributed by atoms with van der Waals surface area (Å²) in [5.74, 6) is -0.900. The third kappa shape index (κ3) is 2.59. The van der Waals surface area contributed by atoms with E-state index in [1.54, 1.807) is 18.3 Å².